The van der Waals surface area contributed by atoms with Gasteiger partial charge in [-0.2, -0.15) is 17.6 Å². The van der Waals surface area contributed by atoms with Crippen LogP contribution in [0.2, 0.25) is 0 Å². The Morgan fingerprint density at radius 2 is 1.68 bits per heavy atom. The first-order valence-corrected chi connectivity index (χ1v) is 8.40. The van der Waals surface area contributed by atoms with Crippen molar-refractivity contribution in [3.8, 4) is 0 Å². The van der Waals surface area contributed by atoms with Gasteiger partial charge in [0.1, 0.15) is 22.4 Å². The molecule has 0 N–H and O–H groups in total. The predicted octanol–water partition coefficient (Wildman–Crippen LogP) is 4.54. The highest BCUT2D eigenvalue weighted by Gasteiger charge is 2.30. The molecule has 1 aromatic heterocycles. The lowest BCUT2D eigenvalue weighted by Crippen LogP contribution is -2.22. The molecule has 3 nitrogen and oxygen atoms in total. The second-order valence-electron chi connectivity index (χ2n) is 6.21. The highest BCUT2D eigenvalue weighted by molar-refractivity contribution is 7.85. The van der Waals surface area contributed by atoms with Gasteiger partial charge in [0, 0.05) is 11.8 Å². The van der Waals surface area contributed by atoms with E-state index in [2.05, 4.69) is 9.38 Å². The molecule has 1 heterocycles. The summed E-state index contributed by atoms with van der Waals surface area (Å²) < 4.78 is 68.0. The number of alkyl halides is 3. The van der Waals surface area contributed by atoms with Gasteiger partial charge in [0.05, 0.1) is 10.3 Å². The summed E-state index contributed by atoms with van der Waals surface area (Å²) in [5.41, 5.74) is -0.864. The molecular formula is C17H16F4N2OS. The third-order valence-electron chi connectivity index (χ3n) is 3.17. The minimum atomic E-state index is -4.49. The molecular weight excluding hydrogens is 356 g/mol. The van der Waals surface area contributed by atoms with Crippen molar-refractivity contribution in [2.75, 3.05) is 0 Å². The first kappa shape index (κ1) is 19.2. The average Bonchev–Trinajstić information content (AvgIpc) is 2.51. The molecule has 2 aromatic rings. The lowest BCUT2D eigenvalue weighted by molar-refractivity contribution is -0.137. The smallest absolute Gasteiger partial charge is 0.251 e. The molecule has 2 rings (SSSR count). The Bertz CT molecular complexity index is 809. The van der Waals surface area contributed by atoms with Gasteiger partial charge in [-0.05, 0) is 45.0 Å². The molecule has 0 aliphatic carbocycles. The molecule has 0 saturated heterocycles. The fraction of sp³-hybridized carbons (Fsp3) is 0.294. The van der Waals surface area contributed by atoms with Crippen molar-refractivity contribution < 1.29 is 21.8 Å². The van der Waals surface area contributed by atoms with E-state index in [0.717, 1.165) is 30.3 Å². The van der Waals surface area contributed by atoms with Gasteiger partial charge in [0.25, 0.3) is 0 Å². The summed E-state index contributed by atoms with van der Waals surface area (Å²) in [5.74, 6) is -0.702. The Balaban J connectivity index is 2.58. The van der Waals surface area contributed by atoms with Gasteiger partial charge < -0.3 is 0 Å². The fourth-order valence-corrected chi connectivity index (χ4v) is 2.46. The zero-order valence-electron chi connectivity index (χ0n) is 13.8. The maximum atomic E-state index is 14.1. The molecule has 0 saturated carbocycles. The first-order valence-electron chi connectivity index (χ1n) is 7.29. The van der Waals surface area contributed by atoms with E-state index in [-0.39, 0.29) is 17.0 Å². The van der Waals surface area contributed by atoms with Crippen LogP contribution < -0.4 is 0 Å². The van der Waals surface area contributed by atoms with Gasteiger partial charge in [-0.3, -0.25) is 4.98 Å². The van der Waals surface area contributed by atoms with Crippen LogP contribution in [0, 0.1) is 5.82 Å². The fourth-order valence-electron chi connectivity index (χ4n) is 1.83. The van der Waals surface area contributed by atoms with Crippen LogP contribution in [0.1, 0.15) is 37.6 Å². The Morgan fingerprint density at radius 3 is 2.16 bits per heavy atom. The van der Waals surface area contributed by atoms with E-state index in [9.17, 15) is 21.8 Å². The van der Waals surface area contributed by atoms with Crippen molar-refractivity contribution in [2.24, 2.45) is 4.40 Å². The average molecular weight is 372 g/mol. The van der Waals surface area contributed by atoms with Gasteiger partial charge in [-0.25, -0.2) is 8.60 Å². The summed E-state index contributed by atoms with van der Waals surface area (Å²) in [6.45, 7) is 5.06. The van der Waals surface area contributed by atoms with Gasteiger partial charge in [-0.1, -0.05) is 12.1 Å². The van der Waals surface area contributed by atoms with Gasteiger partial charge >= 0.3 is 6.18 Å². The summed E-state index contributed by atoms with van der Waals surface area (Å²) >= 11 is 0. The molecule has 0 aliphatic rings. The van der Waals surface area contributed by atoms with Crippen LogP contribution >= 0.6 is 0 Å². The highest BCUT2D eigenvalue weighted by Crippen LogP contribution is 2.29. The van der Waals surface area contributed by atoms with Gasteiger partial charge in [-0.15, -0.1) is 0 Å². The van der Waals surface area contributed by atoms with Crippen molar-refractivity contribution >= 4 is 16.7 Å². The molecule has 1 aromatic carbocycles. The number of nitrogens with zero attached hydrogens (tertiary/aromatic N) is 2. The normalized spacial score (nSPS) is 14.4. The van der Waals surface area contributed by atoms with Gasteiger partial charge in [0.15, 0.2) is 5.82 Å². The molecule has 0 spiro atoms. The SMILES string of the molecule is CC(C)(C)S(=O)N=C(c1ccc(C(F)(F)F)cc1)c1ncccc1F. The second kappa shape index (κ2) is 7.03. The van der Waals surface area contributed by atoms with Crippen LogP contribution in [-0.2, 0) is 17.2 Å². The predicted molar refractivity (Wildman–Crippen MR) is 89.2 cm³/mol. The third kappa shape index (κ3) is 4.72. The highest BCUT2D eigenvalue weighted by atomic mass is 32.2. The van der Waals surface area contributed by atoms with Crippen LogP contribution in [0.3, 0.4) is 0 Å². The number of aromatic nitrogens is 1. The zero-order valence-corrected chi connectivity index (χ0v) is 14.6. The van der Waals surface area contributed by atoms with Crippen LogP contribution in [0.5, 0.6) is 0 Å². The Kier molecular flexibility index (Phi) is 5.41. The molecule has 0 bridgehead atoms. The summed E-state index contributed by atoms with van der Waals surface area (Å²) in [7, 11) is -1.74. The summed E-state index contributed by atoms with van der Waals surface area (Å²) in [5, 5.41) is 0. The number of rotatable bonds is 3. The maximum absolute atomic E-state index is 14.1. The van der Waals surface area contributed by atoms with Crippen molar-refractivity contribution in [2.45, 2.75) is 31.7 Å². The molecule has 0 aliphatic heterocycles. The van der Waals surface area contributed by atoms with Crippen LogP contribution in [0.15, 0.2) is 47.0 Å². The topological polar surface area (TPSA) is 42.3 Å². The molecule has 0 fully saturated rings. The lowest BCUT2D eigenvalue weighted by Gasteiger charge is -2.16. The minimum Gasteiger partial charge on any atom is -0.251 e. The van der Waals surface area contributed by atoms with Crippen molar-refractivity contribution in [3.63, 3.8) is 0 Å². The quantitative estimate of drug-likeness (QED) is 0.586. The lowest BCUT2D eigenvalue weighted by atomic mass is 10.0. The van der Waals surface area contributed by atoms with E-state index in [0.29, 0.717) is 0 Å². The summed E-state index contributed by atoms with van der Waals surface area (Å²) in [6, 6.07) is 6.59. The van der Waals surface area contributed by atoms with E-state index < -0.39 is 33.3 Å². The van der Waals surface area contributed by atoms with Crippen molar-refractivity contribution in [1.82, 2.24) is 4.98 Å². The summed E-state index contributed by atoms with van der Waals surface area (Å²) in [6.07, 6.45) is -3.15. The second-order valence-corrected chi connectivity index (χ2v) is 8.12. The first-order chi connectivity index (χ1) is 11.5. The van der Waals surface area contributed by atoms with Crippen LogP contribution in [0.25, 0.3) is 0 Å². The molecule has 0 amide bonds. The third-order valence-corrected chi connectivity index (χ3v) is 4.56. The van der Waals surface area contributed by atoms with Crippen LogP contribution in [0.4, 0.5) is 17.6 Å². The number of hydrogen-bond acceptors (Lipinski definition) is 2. The summed E-state index contributed by atoms with van der Waals surface area (Å²) in [4.78, 5) is 3.90. The van der Waals surface area contributed by atoms with Crippen molar-refractivity contribution in [1.29, 1.82) is 0 Å². The Morgan fingerprint density at radius 1 is 1.08 bits per heavy atom. The Labute approximate surface area is 145 Å². The van der Waals surface area contributed by atoms with Gasteiger partial charge in [0.2, 0.25) is 0 Å². The molecule has 1 unspecified atom stereocenters. The monoisotopic (exact) mass is 372 g/mol. The van der Waals surface area contributed by atoms with Crippen LogP contribution in [-0.4, -0.2) is 19.7 Å². The molecule has 8 heteroatoms. The molecule has 0 radical (unpaired) electrons. The molecule has 25 heavy (non-hydrogen) atoms. The standard InChI is InChI=1S/C17H16F4N2OS/c1-16(2,3)25(24)23-14(15-13(18)5-4-10-22-15)11-6-8-12(9-7-11)17(19,20)21/h4-10H,1-3H3. The van der Waals surface area contributed by atoms with Crippen molar-refractivity contribution in [3.05, 3.63) is 65.2 Å². The maximum Gasteiger partial charge on any atom is 0.416 e. The van der Waals surface area contributed by atoms with E-state index >= 15 is 0 Å². The Hall–Kier alpha value is -2.09. The number of hydrogen-bond donors (Lipinski definition) is 0. The number of pyridine rings is 1. The van der Waals surface area contributed by atoms with E-state index in [1.54, 1.807) is 20.8 Å². The minimum absolute atomic E-state index is 0.0555. The van der Waals surface area contributed by atoms with E-state index in [1.807, 2.05) is 0 Å². The van der Waals surface area contributed by atoms with E-state index in [1.165, 1.54) is 12.3 Å². The number of halogens is 4. The molecule has 1 atom stereocenters. The zero-order chi connectivity index (χ0) is 18.8. The molecule has 134 valence electrons. The number of benzene rings is 1. The van der Waals surface area contributed by atoms with E-state index in [4.69, 9.17) is 0 Å². The largest absolute Gasteiger partial charge is 0.416 e.